The average Bonchev–Trinajstić information content (AvgIpc) is 2.50. The molecule has 0 amide bonds. The molecule has 0 aliphatic carbocycles. The van der Waals surface area contributed by atoms with E-state index in [1.165, 1.54) is 0 Å². The fraction of sp³-hybridized carbons (Fsp3) is 0.118. The summed E-state index contributed by atoms with van der Waals surface area (Å²) in [7, 11) is 0. The van der Waals surface area contributed by atoms with Crippen LogP contribution in [0.1, 0.15) is 5.56 Å². The number of hydrogen-bond donors (Lipinski definition) is 1. The molecule has 1 N–H and O–H groups in total. The molecule has 0 spiro atoms. The highest BCUT2D eigenvalue weighted by atomic mass is 35.5. The summed E-state index contributed by atoms with van der Waals surface area (Å²) in [6.45, 7) is 0.791. The summed E-state index contributed by atoms with van der Waals surface area (Å²) in [5.74, 6) is 0. The second-order valence-corrected chi connectivity index (χ2v) is 6.20. The number of anilines is 1. The molecule has 112 valence electrons. The standard InChI is InChI=1S/C17H13Cl3N2/c18-12-2-3-13-16(6-8-22-17(13)10-12)21-7-5-11-1-4-14(19)15(20)9-11/h1-4,6,8-10H,5,7H2,(H,21,22). The highest BCUT2D eigenvalue weighted by Gasteiger charge is 2.03. The van der Waals surface area contributed by atoms with E-state index in [1.807, 2.05) is 42.5 Å². The maximum absolute atomic E-state index is 6.03. The van der Waals surface area contributed by atoms with Gasteiger partial charge in [0.15, 0.2) is 0 Å². The fourth-order valence-electron chi connectivity index (χ4n) is 2.31. The van der Waals surface area contributed by atoms with E-state index >= 15 is 0 Å². The number of nitrogens with one attached hydrogen (secondary N) is 1. The van der Waals surface area contributed by atoms with Crippen LogP contribution in [0.5, 0.6) is 0 Å². The van der Waals surface area contributed by atoms with Crippen LogP contribution in [-0.2, 0) is 6.42 Å². The Hall–Kier alpha value is -1.48. The van der Waals surface area contributed by atoms with Crippen LogP contribution in [0.15, 0.2) is 48.7 Å². The molecule has 0 bridgehead atoms. The summed E-state index contributed by atoms with van der Waals surface area (Å²) < 4.78 is 0. The van der Waals surface area contributed by atoms with Crippen molar-refractivity contribution in [2.75, 3.05) is 11.9 Å². The van der Waals surface area contributed by atoms with Gasteiger partial charge in [-0.15, -0.1) is 0 Å². The van der Waals surface area contributed by atoms with Gasteiger partial charge < -0.3 is 5.32 Å². The van der Waals surface area contributed by atoms with E-state index in [1.54, 1.807) is 6.20 Å². The Morgan fingerprint density at radius 1 is 0.909 bits per heavy atom. The highest BCUT2D eigenvalue weighted by Crippen LogP contribution is 2.25. The summed E-state index contributed by atoms with van der Waals surface area (Å²) in [6, 6.07) is 13.4. The molecular weight excluding hydrogens is 339 g/mol. The molecule has 1 aromatic heterocycles. The first-order valence-electron chi connectivity index (χ1n) is 6.85. The van der Waals surface area contributed by atoms with Crippen LogP contribution in [0.3, 0.4) is 0 Å². The van der Waals surface area contributed by atoms with Gasteiger partial charge in [0, 0.05) is 28.8 Å². The van der Waals surface area contributed by atoms with E-state index in [9.17, 15) is 0 Å². The Labute approximate surface area is 144 Å². The average molecular weight is 352 g/mol. The number of benzene rings is 2. The van der Waals surface area contributed by atoms with Gasteiger partial charge in [0.1, 0.15) is 0 Å². The number of halogens is 3. The lowest BCUT2D eigenvalue weighted by Gasteiger charge is -2.10. The van der Waals surface area contributed by atoms with E-state index in [0.717, 1.165) is 35.1 Å². The molecule has 1 heterocycles. The Morgan fingerprint density at radius 3 is 2.59 bits per heavy atom. The molecule has 2 nitrogen and oxygen atoms in total. The van der Waals surface area contributed by atoms with E-state index in [4.69, 9.17) is 34.8 Å². The van der Waals surface area contributed by atoms with Crippen LogP contribution >= 0.6 is 34.8 Å². The van der Waals surface area contributed by atoms with Gasteiger partial charge in [-0.1, -0.05) is 40.9 Å². The maximum atomic E-state index is 6.03. The van der Waals surface area contributed by atoms with Gasteiger partial charge in [-0.25, -0.2) is 0 Å². The number of fused-ring (bicyclic) bond motifs is 1. The first kappa shape index (κ1) is 15.4. The smallest absolute Gasteiger partial charge is 0.0737 e. The largest absolute Gasteiger partial charge is 0.384 e. The third kappa shape index (κ3) is 3.46. The van der Waals surface area contributed by atoms with Crippen LogP contribution < -0.4 is 5.32 Å². The van der Waals surface area contributed by atoms with Crippen molar-refractivity contribution in [1.82, 2.24) is 4.98 Å². The molecular formula is C17H13Cl3N2. The molecule has 0 atom stereocenters. The lowest BCUT2D eigenvalue weighted by Crippen LogP contribution is -2.05. The molecule has 0 fully saturated rings. The second kappa shape index (κ2) is 6.74. The van der Waals surface area contributed by atoms with Crippen molar-refractivity contribution in [2.45, 2.75) is 6.42 Å². The summed E-state index contributed by atoms with van der Waals surface area (Å²) in [5, 5.41) is 6.34. The number of aromatic nitrogens is 1. The zero-order chi connectivity index (χ0) is 15.5. The molecule has 22 heavy (non-hydrogen) atoms. The summed E-state index contributed by atoms with van der Waals surface area (Å²) >= 11 is 18.0. The Bertz CT molecular complexity index is 818. The molecule has 0 saturated heterocycles. The SMILES string of the molecule is Clc1ccc2c(NCCc3ccc(Cl)c(Cl)c3)ccnc2c1. The van der Waals surface area contributed by atoms with E-state index < -0.39 is 0 Å². The lowest BCUT2D eigenvalue weighted by molar-refractivity contribution is 1.02. The number of pyridine rings is 1. The molecule has 0 unspecified atom stereocenters. The minimum absolute atomic E-state index is 0.579. The normalized spacial score (nSPS) is 10.9. The quantitative estimate of drug-likeness (QED) is 0.637. The molecule has 5 heteroatoms. The van der Waals surface area contributed by atoms with Gasteiger partial charge in [-0.3, -0.25) is 4.98 Å². The molecule has 0 saturated carbocycles. The monoisotopic (exact) mass is 350 g/mol. The Balaban J connectivity index is 1.72. The van der Waals surface area contributed by atoms with Crippen LogP contribution in [-0.4, -0.2) is 11.5 Å². The van der Waals surface area contributed by atoms with Crippen LogP contribution in [0, 0.1) is 0 Å². The van der Waals surface area contributed by atoms with Crippen LogP contribution in [0.25, 0.3) is 10.9 Å². The van der Waals surface area contributed by atoms with Gasteiger partial charge in [-0.2, -0.15) is 0 Å². The van der Waals surface area contributed by atoms with E-state index in [0.29, 0.717) is 15.1 Å². The minimum Gasteiger partial charge on any atom is -0.384 e. The van der Waals surface area contributed by atoms with Gasteiger partial charge in [0.2, 0.25) is 0 Å². The minimum atomic E-state index is 0.579. The molecule has 0 aliphatic heterocycles. The van der Waals surface area contributed by atoms with Crippen molar-refractivity contribution in [2.24, 2.45) is 0 Å². The molecule has 0 aliphatic rings. The van der Waals surface area contributed by atoms with Gasteiger partial charge in [-0.05, 0) is 48.4 Å². The van der Waals surface area contributed by atoms with Gasteiger partial charge >= 0.3 is 0 Å². The van der Waals surface area contributed by atoms with E-state index in [2.05, 4.69) is 10.3 Å². The zero-order valence-corrected chi connectivity index (χ0v) is 13.9. The fourth-order valence-corrected chi connectivity index (χ4v) is 2.80. The number of hydrogen-bond acceptors (Lipinski definition) is 2. The van der Waals surface area contributed by atoms with Gasteiger partial charge in [0.05, 0.1) is 15.6 Å². The Morgan fingerprint density at radius 2 is 1.77 bits per heavy atom. The van der Waals surface area contributed by atoms with Crippen LogP contribution in [0.4, 0.5) is 5.69 Å². The van der Waals surface area contributed by atoms with Crippen molar-refractivity contribution in [3.8, 4) is 0 Å². The third-order valence-corrected chi connectivity index (χ3v) is 4.39. The number of rotatable bonds is 4. The third-order valence-electron chi connectivity index (χ3n) is 3.42. The van der Waals surface area contributed by atoms with Crippen molar-refractivity contribution in [1.29, 1.82) is 0 Å². The Kier molecular flexibility index (Phi) is 4.72. The highest BCUT2D eigenvalue weighted by molar-refractivity contribution is 6.42. The maximum Gasteiger partial charge on any atom is 0.0737 e. The summed E-state index contributed by atoms with van der Waals surface area (Å²) in [5.41, 5.74) is 3.07. The molecule has 3 rings (SSSR count). The van der Waals surface area contributed by atoms with Crippen LogP contribution in [0.2, 0.25) is 15.1 Å². The van der Waals surface area contributed by atoms with Crippen molar-refractivity contribution in [3.63, 3.8) is 0 Å². The van der Waals surface area contributed by atoms with Crippen molar-refractivity contribution < 1.29 is 0 Å². The topological polar surface area (TPSA) is 24.9 Å². The summed E-state index contributed by atoms with van der Waals surface area (Å²) in [4.78, 5) is 4.33. The van der Waals surface area contributed by atoms with Crippen molar-refractivity contribution >= 4 is 51.4 Å². The summed E-state index contributed by atoms with van der Waals surface area (Å²) in [6.07, 6.45) is 2.63. The first-order chi connectivity index (χ1) is 10.6. The molecule has 2 aromatic carbocycles. The predicted molar refractivity (Wildman–Crippen MR) is 95.4 cm³/mol. The van der Waals surface area contributed by atoms with Crippen molar-refractivity contribution in [3.05, 3.63) is 69.3 Å². The second-order valence-electron chi connectivity index (χ2n) is 4.95. The zero-order valence-electron chi connectivity index (χ0n) is 11.6. The molecule has 3 aromatic rings. The number of nitrogens with zero attached hydrogens (tertiary/aromatic N) is 1. The first-order valence-corrected chi connectivity index (χ1v) is 7.99. The molecule has 0 radical (unpaired) electrons. The van der Waals surface area contributed by atoms with Gasteiger partial charge in [0.25, 0.3) is 0 Å². The predicted octanol–water partition coefficient (Wildman–Crippen LogP) is 5.85. The van der Waals surface area contributed by atoms with E-state index in [-0.39, 0.29) is 0 Å². The lowest BCUT2D eigenvalue weighted by atomic mass is 10.1.